The number of aromatic nitrogens is 2. The fourth-order valence-corrected chi connectivity index (χ4v) is 11.0. The van der Waals surface area contributed by atoms with Crippen LogP contribution in [-0.4, -0.2) is 12.5 Å². The lowest BCUT2D eigenvalue weighted by atomic mass is 10.3. The van der Waals surface area contributed by atoms with E-state index in [0.29, 0.717) is 16.7 Å². The van der Waals surface area contributed by atoms with Crippen molar-refractivity contribution in [3.63, 3.8) is 0 Å². The van der Waals surface area contributed by atoms with Gasteiger partial charge in [-0.25, -0.2) is 4.57 Å². The van der Waals surface area contributed by atoms with Crippen molar-refractivity contribution < 1.29 is 4.57 Å². The molecule has 0 radical (unpaired) electrons. The van der Waals surface area contributed by atoms with E-state index < -0.39 is 8.24 Å². The van der Waals surface area contributed by atoms with E-state index in [1.807, 2.05) is 6.07 Å². The molecular weight excluding hydrogens is 272 g/mol. The standard InChI is InChI=1S/C15H22ClN2Si/c1-10(2)19(11(3)4)12(5)17-8-7-14(16)13-6-9-18(19)15(13)17/h6-12H,1-5H3/q+1. The van der Waals surface area contributed by atoms with E-state index in [1.54, 1.807) is 0 Å². The van der Waals surface area contributed by atoms with Gasteiger partial charge in [0.15, 0.2) is 0 Å². The molecule has 0 saturated carbocycles. The molecule has 1 unspecified atom stereocenters. The largest absolute Gasteiger partial charge is 0.315 e. The summed E-state index contributed by atoms with van der Waals surface area (Å²) >= 11 is 6.36. The topological polar surface area (TPSA) is 8.81 Å². The number of nitrogens with zero attached hydrogens (tertiary/aromatic N) is 2. The maximum atomic E-state index is 6.36. The van der Waals surface area contributed by atoms with Crippen LogP contribution in [0.5, 0.6) is 0 Å². The summed E-state index contributed by atoms with van der Waals surface area (Å²) in [6.07, 6.45) is 4.45. The predicted octanol–water partition coefficient (Wildman–Crippen LogP) is 4.31. The van der Waals surface area contributed by atoms with Crippen LogP contribution in [0.4, 0.5) is 0 Å². The third kappa shape index (κ3) is 1.40. The first-order chi connectivity index (χ1) is 8.92. The van der Waals surface area contributed by atoms with Crippen LogP contribution in [0.3, 0.4) is 0 Å². The summed E-state index contributed by atoms with van der Waals surface area (Å²) < 4.78 is 5.06. The summed E-state index contributed by atoms with van der Waals surface area (Å²) in [4.78, 5) is 0. The van der Waals surface area contributed by atoms with Crippen LogP contribution in [0.2, 0.25) is 16.1 Å². The minimum absolute atomic E-state index is 0.587. The molecule has 1 atom stereocenters. The Hall–Kier alpha value is -0.803. The van der Waals surface area contributed by atoms with Gasteiger partial charge < -0.3 is 0 Å². The van der Waals surface area contributed by atoms with Crippen molar-refractivity contribution in [1.29, 1.82) is 0 Å². The third-order valence-corrected chi connectivity index (χ3v) is 11.9. The average molecular weight is 294 g/mol. The van der Waals surface area contributed by atoms with Crippen LogP contribution in [0.1, 0.15) is 40.3 Å². The molecule has 0 fully saturated rings. The maximum Gasteiger partial charge on any atom is 0.315 e. The van der Waals surface area contributed by atoms with Gasteiger partial charge in [-0.3, -0.25) is 4.23 Å². The van der Waals surface area contributed by atoms with Crippen LogP contribution in [0.15, 0.2) is 24.5 Å². The van der Waals surface area contributed by atoms with Crippen LogP contribution >= 0.6 is 11.6 Å². The van der Waals surface area contributed by atoms with Gasteiger partial charge in [0.1, 0.15) is 5.67 Å². The molecule has 0 spiro atoms. The second kappa shape index (κ2) is 4.09. The lowest BCUT2D eigenvalue weighted by Crippen LogP contribution is -2.56. The quantitative estimate of drug-likeness (QED) is 0.576. The molecule has 2 aromatic rings. The first-order valence-electron chi connectivity index (χ1n) is 7.13. The second-order valence-electron chi connectivity index (χ2n) is 6.37. The number of hydrogen-bond acceptors (Lipinski definition) is 0. The van der Waals surface area contributed by atoms with Gasteiger partial charge in [-0.05, 0) is 30.1 Å². The van der Waals surface area contributed by atoms with Crippen LogP contribution in [0.25, 0.3) is 11.0 Å². The van der Waals surface area contributed by atoms with E-state index in [0.717, 1.165) is 5.02 Å². The average Bonchev–Trinajstić information content (AvgIpc) is 2.84. The van der Waals surface area contributed by atoms with Crippen LogP contribution in [0, 0.1) is 0 Å². The summed E-state index contributed by atoms with van der Waals surface area (Å²) in [5.41, 5.74) is 3.33. The lowest BCUT2D eigenvalue weighted by Gasteiger charge is -2.33. The number of pyridine rings is 1. The van der Waals surface area contributed by atoms with Crippen molar-refractivity contribution in [3.05, 3.63) is 29.5 Å². The summed E-state index contributed by atoms with van der Waals surface area (Å²) in [6, 6.07) is 4.22. The van der Waals surface area contributed by atoms with E-state index in [4.69, 9.17) is 11.6 Å². The van der Waals surface area contributed by atoms with Gasteiger partial charge >= 0.3 is 8.24 Å². The zero-order chi connectivity index (χ0) is 13.9. The summed E-state index contributed by atoms with van der Waals surface area (Å²) in [5.74, 6) is 0. The minimum Gasteiger partial charge on any atom is -0.279 e. The highest BCUT2D eigenvalue weighted by molar-refractivity contribution is 6.82. The zero-order valence-electron chi connectivity index (χ0n) is 12.3. The number of halogens is 1. The molecule has 0 aliphatic carbocycles. The molecule has 1 aliphatic heterocycles. The minimum atomic E-state index is -1.64. The predicted molar refractivity (Wildman–Crippen MR) is 83.2 cm³/mol. The van der Waals surface area contributed by atoms with Crippen molar-refractivity contribution in [2.45, 2.75) is 51.4 Å². The highest BCUT2D eigenvalue weighted by atomic mass is 35.5. The molecule has 4 heteroatoms. The van der Waals surface area contributed by atoms with E-state index in [-0.39, 0.29) is 0 Å². The normalized spacial score (nSPS) is 20.9. The molecule has 2 nitrogen and oxygen atoms in total. The van der Waals surface area contributed by atoms with Crippen molar-refractivity contribution in [2.24, 2.45) is 0 Å². The van der Waals surface area contributed by atoms with E-state index in [2.05, 4.69) is 61.9 Å². The molecule has 0 bridgehead atoms. The number of hydrogen-bond donors (Lipinski definition) is 0. The SMILES string of the molecule is CC(C)[Si]1(C(C)C)C(C)[n+]2ccc(Cl)c3ccn1c32. The Bertz CT molecular complexity index is 637. The molecule has 102 valence electrons. The monoisotopic (exact) mass is 293 g/mol. The number of rotatable bonds is 2. The Morgan fingerprint density at radius 2 is 1.84 bits per heavy atom. The molecule has 0 amide bonds. The fraction of sp³-hybridized carbons (Fsp3) is 0.533. The van der Waals surface area contributed by atoms with Crippen LogP contribution in [-0.2, 0) is 0 Å². The molecule has 0 aromatic carbocycles. The maximum absolute atomic E-state index is 6.36. The molecule has 19 heavy (non-hydrogen) atoms. The van der Waals surface area contributed by atoms with Crippen molar-refractivity contribution in [1.82, 2.24) is 4.23 Å². The lowest BCUT2D eigenvalue weighted by molar-refractivity contribution is -0.673. The van der Waals surface area contributed by atoms with E-state index in [1.165, 1.54) is 11.0 Å². The van der Waals surface area contributed by atoms with Gasteiger partial charge in [0.2, 0.25) is 0 Å². The molecule has 1 aliphatic rings. The third-order valence-electron chi connectivity index (χ3n) is 5.10. The summed E-state index contributed by atoms with van der Waals surface area (Å²) in [5, 5.41) is 2.07. The van der Waals surface area contributed by atoms with Crippen LogP contribution < -0.4 is 4.57 Å². The fourth-order valence-electron chi connectivity index (χ4n) is 4.42. The highest BCUT2D eigenvalue weighted by Crippen LogP contribution is 2.45. The van der Waals surface area contributed by atoms with Gasteiger partial charge in [0, 0.05) is 0 Å². The van der Waals surface area contributed by atoms with E-state index >= 15 is 0 Å². The van der Waals surface area contributed by atoms with Gasteiger partial charge in [-0.2, -0.15) is 0 Å². The Balaban J connectivity index is 2.40. The molecule has 2 aromatic heterocycles. The van der Waals surface area contributed by atoms with Gasteiger partial charge in [0.05, 0.1) is 22.8 Å². The Labute approximate surface area is 121 Å². The molecule has 0 saturated heterocycles. The molecular formula is C15H22ClN2Si+. The molecule has 3 rings (SSSR count). The van der Waals surface area contributed by atoms with Crippen molar-refractivity contribution in [3.8, 4) is 0 Å². The van der Waals surface area contributed by atoms with E-state index in [9.17, 15) is 0 Å². The Kier molecular flexibility index (Phi) is 2.84. The summed E-state index contributed by atoms with van der Waals surface area (Å²) in [7, 11) is -1.64. The van der Waals surface area contributed by atoms with Crippen molar-refractivity contribution >= 4 is 30.9 Å². The van der Waals surface area contributed by atoms with Crippen molar-refractivity contribution in [2.75, 3.05) is 0 Å². The molecule has 3 heterocycles. The molecule has 0 N–H and O–H groups in total. The van der Waals surface area contributed by atoms with Gasteiger partial charge in [0.25, 0.3) is 5.65 Å². The highest BCUT2D eigenvalue weighted by Gasteiger charge is 2.60. The van der Waals surface area contributed by atoms with Gasteiger partial charge in [-0.15, -0.1) is 0 Å². The first kappa shape index (κ1) is 13.2. The second-order valence-corrected chi connectivity index (χ2v) is 12.2. The Morgan fingerprint density at radius 1 is 1.21 bits per heavy atom. The smallest absolute Gasteiger partial charge is 0.279 e. The Morgan fingerprint density at radius 3 is 2.42 bits per heavy atom. The van der Waals surface area contributed by atoms with Gasteiger partial charge in [-0.1, -0.05) is 39.3 Å². The zero-order valence-corrected chi connectivity index (χ0v) is 14.1. The summed E-state index contributed by atoms with van der Waals surface area (Å²) in [6.45, 7) is 12.0. The first-order valence-corrected chi connectivity index (χ1v) is 9.69.